The van der Waals surface area contributed by atoms with Gasteiger partial charge in [0.1, 0.15) is 0 Å². The summed E-state index contributed by atoms with van der Waals surface area (Å²) in [5.41, 5.74) is 3.11. The number of rotatable bonds is 3. The Hall–Kier alpha value is -1.46. The maximum atomic E-state index is 5.36. The maximum Gasteiger partial charge on any atom is 0.179 e. The molecule has 0 unspecified atom stereocenters. The first-order valence-corrected chi connectivity index (χ1v) is 7.10. The molecule has 92 valence electrons. The van der Waals surface area contributed by atoms with E-state index in [4.69, 9.17) is 12.2 Å². The minimum Gasteiger partial charge on any atom is -0.329 e. The number of aryl methyl sites for hydroxylation is 3. The van der Waals surface area contributed by atoms with Gasteiger partial charge in [-0.05, 0) is 48.6 Å². The molecule has 0 aliphatic heterocycles. The maximum absolute atomic E-state index is 5.36. The standard InChI is InChI=1S/C13H13N3S2/c1-9-7-11-12(14-8-9)16(13(17)15-11)5-4-10-3-2-6-18-10/h2-3,6-8H,4-5H2,1H3,(H,15,17). The van der Waals surface area contributed by atoms with Gasteiger partial charge in [-0.25, -0.2) is 4.98 Å². The van der Waals surface area contributed by atoms with E-state index in [1.165, 1.54) is 4.88 Å². The van der Waals surface area contributed by atoms with Crippen LogP contribution in [-0.4, -0.2) is 14.5 Å². The fourth-order valence-corrected chi connectivity index (χ4v) is 3.02. The average molecular weight is 275 g/mol. The molecule has 3 rings (SSSR count). The molecule has 3 aromatic heterocycles. The minimum atomic E-state index is 0.750. The average Bonchev–Trinajstić information content (AvgIpc) is 2.93. The molecule has 0 atom stereocenters. The van der Waals surface area contributed by atoms with Gasteiger partial charge >= 0.3 is 0 Å². The van der Waals surface area contributed by atoms with Crippen LogP contribution < -0.4 is 0 Å². The Balaban J connectivity index is 1.96. The summed E-state index contributed by atoms with van der Waals surface area (Å²) < 4.78 is 2.82. The van der Waals surface area contributed by atoms with Crippen LogP contribution in [0.15, 0.2) is 29.8 Å². The summed E-state index contributed by atoms with van der Waals surface area (Å²) in [5.74, 6) is 0. The van der Waals surface area contributed by atoms with Crippen LogP contribution in [-0.2, 0) is 13.0 Å². The Morgan fingerprint density at radius 1 is 1.50 bits per heavy atom. The van der Waals surface area contributed by atoms with Crippen molar-refractivity contribution in [2.45, 2.75) is 19.9 Å². The Morgan fingerprint density at radius 3 is 3.17 bits per heavy atom. The van der Waals surface area contributed by atoms with Crippen LogP contribution in [0.25, 0.3) is 11.2 Å². The quantitative estimate of drug-likeness (QED) is 0.739. The van der Waals surface area contributed by atoms with Crippen LogP contribution in [0.4, 0.5) is 0 Å². The molecule has 0 spiro atoms. The largest absolute Gasteiger partial charge is 0.329 e. The molecule has 0 aliphatic carbocycles. The van der Waals surface area contributed by atoms with Gasteiger partial charge in [0.05, 0.1) is 5.52 Å². The fourth-order valence-electron chi connectivity index (χ4n) is 2.03. The number of thiophene rings is 1. The van der Waals surface area contributed by atoms with Gasteiger partial charge in [-0.15, -0.1) is 11.3 Å². The molecule has 1 N–H and O–H groups in total. The minimum absolute atomic E-state index is 0.750. The number of nitrogens with one attached hydrogen (secondary N) is 1. The monoisotopic (exact) mass is 275 g/mol. The number of nitrogens with zero attached hydrogens (tertiary/aromatic N) is 2. The van der Waals surface area contributed by atoms with E-state index in [1.807, 2.05) is 13.1 Å². The van der Waals surface area contributed by atoms with E-state index in [1.54, 1.807) is 11.3 Å². The van der Waals surface area contributed by atoms with Crippen molar-refractivity contribution in [2.75, 3.05) is 0 Å². The highest BCUT2D eigenvalue weighted by atomic mass is 32.1. The molecular formula is C13H13N3S2. The van der Waals surface area contributed by atoms with E-state index in [0.29, 0.717) is 0 Å². The lowest BCUT2D eigenvalue weighted by Gasteiger charge is -2.02. The first-order valence-electron chi connectivity index (χ1n) is 5.81. The highest BCUT2D eigenvalue weighted by Gasteiger charge is 2.06. The Bertz CT molecular complexity index is 722. The molecule has 3 aromatic rings. The third-order valence-corrected chi connectivity index (χ3v) is 4.17. The third kappa shape index (κ3) is 2.11. The lowest BCUT2D eigenvalue weighted by molar-refractivity contribution is 0.706. The second kappa shape index (κ2) is 4.66. The molecular weight excluding hydrogens is 262 g/mol. The van der Waals surface area contributed by atoms with Crippen molar-refractivity contribution >= 4 is 34.7 Å². The molecule has 0 saturated carbocycles. The Kier molecular flexibility index (Phi) is 3.01. The van der Waals surface area contributed by atoms with E-state index < -0.39 is 0 Å². The van der Waals surface area contributed by atoms with Gasteiger partial charge in [-0.1, -0.05) is 6.07 Å². The number of aromatic nitrogens is 3. The first kappa shape index (κ1) is 11.6. The van der Waals surface area contributed by atoms with E-state index >= 15 is 0 Å². The number of pyridine rings is 1. The number of hydrogen-bond acceptors (Lipinski definition) is 3. The zero-order valence-corrected chi connectivity index (χ0v) is 11.6. The Labute approximate surface area is 114 Å². The summed E-state index contributed by atoms with van der Waals surface area (Å²) in [6, 6.07) is 6.32. The van der Waals surface area contributed by atoms with E-state index in [9.17, 15) is 0 Å². The summed E-state index contributed by atoms with van der Waals surface area (Å²) in [5, 5.41) is 2.10. The predicted molar refractivity (Wildman–Crippen MR) is 77.7 cm³/mol. The van der Waals surface area contributed by atoms with Gasteiger partial charge in [-0.2, -0.15) is 0 Å². The molecule has 0 bridgehead atoms. The first-order chi connectivity index (χ1) is 8.74. The van der Waals surface area contributed by atoms with Crippen LogP contribution in [0, 0.1) is 11.7 Å². The second-order valence-corrected chi connectivity index (χ2v) is 5.71. The van der Waals surface area contributed by atoms with Crippen molar-refractivity contribution in [1.82, 2.24) is 14.5 Å². The zero-order valence-electron chi connectivity index (χ0n) is 10.0. The molecule has 3 nitrogen and oxygen atoms in total. The number of fused-ring (bicyclic) bond motifs is 1. The van der Waals surface area contributed by atoms with Gasteiger partial charge in [0, 0.05) is 17.6 Å². The molecule has 0 aliphatic rings. The van der Waals surface area contributed by atoms with Gasteiger partial charge < -0.3 is 9.55 Å². The molecule has 5 heteroatoms. The third-order valence-electron chi connectivity index (χ3n) is 2.91. The second-order valence-electron chi connectivity index (χ2n) is 4.29. The molecule has 0 radical (unpaired) electrons. The van der Waals surface area contributed by atoms with Gasteiger partial charge in [-0.3, -0.25) is 0 Å². The summed E-state index contributed by atoms with van der Waals surface area (Å²) in [6.45, 7) is 2.90. The van der Waals surface area contributed by atoms with Crippen LogP contribution in [0.1, 0.15) is 10.4 Å². The topological polar surface area (TPSA) is 33.6 Å². The summed E-state index contributed by atoms with van der Waals surface area (Å²) in [7, 11) is 0. The highest BCUT2D eigenvalue weighted by Crippen LogP contribution is 2.15. The van der Waals surface area contributed by atoms with E-state index in [-0.39, 0.29) is 0 Å². The number of hydrogen-bond donors (Lipinski definition) is 1. The van der Waals surface area contributed by atoms with Crippen molar-refractivity contribution in [3.05, 3.63) is 45.0 Å². The predicted octanol–water partition coefficient (Wildman–Crippen LogP) is 3.71. The zero-order chi connectivity index (χ0) is 12.5. The van der Waals surface area contributed by atoms with Crippen LogP contribution in [0.2, 0.25) is 0 Å². The normalized spacial score (nSPS) is 11.2. The van der Waals surface area contributed by atoms with Gasteiger partial charge in [0.2, 0.25) is 0 Å². The summed E-state index contributed by atoms with van der Waals surface area (Å²) in [6.07, 6.45) is 2.88. The van der Waals surface area contributed by atoms with Gasteiger partial charge in [0.15, 0.2) is 10.4 Å². The molecule has 0 fully saturated rings. The number of imidazole rings is 1. The lowest BCUT2D eigenvalue weighted by Crippen LogP contribution is -2.01. The molecule has 3 heterocycles. The van der Waals surface area contributed by atoms with E-state index in [0.717, 1.165) is 34.5 Å². The van der Waals surface area contributed by atoms with Crippen LogP contribution in [0.5, 0.6) is 0 Å². The smallest absolute Gasteiger partial charge is 0.179 e. The summed E-state index contributed by atoms with van der Waals surface area (Å²) in [4.78, 5) is 9.06. The Morgan fingerprint density at radius 2 is 2.39 bits per heavy atom. The number of aromatic amines is 1. The van der Waals surface area contributed by atoms with Crippen molar-refractivity contribution in [3.63, 3.8) is 0 Å². The molecule has 0 amide bonds. The molecule has 18 heavy (non-hydrogen) atoms. The van der Waals surface area contributed by atoms with Crippen molar-refractivity contribution in [3.8, 4) is 0 Å². The van der Waals surface area contributed by atoms with Crippen molar-refractivity contribution in [1.29, 1.82) is 0 Å². The van der Waals surface area contributed by atoms with Gasteiger partial charge in [0.25, 0.3) is 0 Å². The number of H-pyrrole nitrogens is 1. The molecule has 0 saturated heterocycles. The van der Waals surface area contributed by atoms with Crippen molar-refractivity contribution < 1.29 is 0 Å². The van der Waals surface area contributed by atoms with Crippen LogP contribution >= 0.6 is 23.6 Å². The van der Waals surface area contributed by atoms with Crippen LogP contribution in [0.3, 0.4) is 0 Å². The SMILES string of the molecule is Cc1cnc2c(c1)[nH]c(=S)n2CCc1cccs1. The lowest BCUT2D eigenvalue weighted by atomic mass is 10.3. The molecule has 0 aromatic carbocycles. The van der Waals surface area contributed by atoms with E-state index in [2.05, 4.69) is 38.1 Å². The summed E-state index contributed by atoms with van der Waals surface area (Å²) >= 11 is 7.14. The van der Waals surface area contributed by atoms with Crippen molar-refractivity contribution in [2.24, 2.45) is 0 Å². The highest BCUT2D eigenvalue weighted by molar-refractivity contribution is 7.71. The fraction of sp³-hybridized carbons (Fsp3) is 0.231.